The van der Waals surface area contributed by atoms with Gasteiger partial charge in [0.25, 0.3) is 11.6 Å². The van der Waals surface area contributed by atoms with E-state index in [2.05, 4.69) is 52.1 Å². The van der Waals surface area contributed by atoms with Crippen LogP contribution in [0.2, 0.25) is 0 Å². The molecule has 3 heterocycles. The summed E-state index contributed by atoms with van der Waals surface area (Å²) < 4.78 is 0. The molecule has 2 aromatic heterocycles. The van der Waals surface area contributed by atoms with Gasteiger partial charge >= 0.3 is 0 Å². The lowest BCUT2D eigenvalue weighted by Crippen LogP contribution is -2.37. The predicted molar refractivity (Wildman–Crippen MR) is 53.0 cm³/mol. The van der Waals surface area contributed by atoms with E-state index >= 15 is 0 Å². The van der Waals surface area contributed by atoms with Crippen LogP contribution in [-0.2, 0) is 0 Å². The Hall–Kier alpha value is -3.36. The van der Waals surface area contributed by atoms with Crippen LogP contribution in [0.5, 0.6) is 0 Å². The molecule has 0 saturated heterocycles. The molecule has 15 nitrogen and oxygen atoms in total. The van der Waals surface area contributed by atoms with Gasteiger partial charge in [-0.05, 0) is 20.9 Å². The van der Waals surface area contributed by atoms with Crippen LogP contribution in [0.15, 0.2) is 10.2 Å². The highest BCUT2D eigenvalue weighted by molar-refractivity contribution is 6.02. The molecule has 3 rings (SSSR count). The van der Waals surface area contributed by atoms with Crippen molar-refractivity contribution in [3.05, 3.63) is 11.6 Å². The second-order valence-electron chi connectivity index (χ2n) is 2.93. The summed E-state index contributed by atoms with van der Waals surface area (Å²) in [6.07, 6.45) is 0. The van der Waals surface area contributed by atoms with E-state index in [1.165, 1.54) is 0 Å². The zero-order valence-electron chi connectivity index (χ0n) is 8.87. The Morgan fingerprint density at radius 3 is 1.47 bits per heavy atom. The standard InChI is InChI=1S/C4H4N12O2.H2O/c17-15-3(9-11-13-15)1-5-7-2(8-6-1)4-10-12-14-16(4)18;/h17-18H,(H,5,6)(H,7,8);1H2. The highest BCUT2D eigenvalue weighted by Gasteiger charge is 2.20. The number of nitrogens with one attached hydrogen (secondary N) is 2. The summed E-state index contributed by atoms with van der Waals surface area (Å²) in [7, 11) is 0. The van der Waals surface area contributed by atoms with Crippen LogP contribution in [0.1, 0.15) is 11.6 Å². The Morgan fingerprint density at radius 2 is 1.21 bits per heavy atom. The van der Waals surface area contributed by atoms with E-state index in [4.69, 9.17) is 0 Å². The minimum Gasteiger partial charge on any atom is -0.412 e. The zero-order chi connectivity index (χ0) is 12.5. The molecule has 0 fully saturated rings. The van der Waals surface area contributed by atoms with Gasteiger partial charge in [0.2, 0.25) is 11.7 Å². The van der Waals surface area contributed by atoms with Gasteiger partial charge in [-0.15, -0.1) is 20.4 Å². The lowest BCUT2D eigenvalue weighted by molar-refractivity contribution is 0.140. The number of amidine groups is 2. The number of nitrogens with zero attached hydrogens (tertiary/aromatic N) is 10. The van der Waals surface area contributed by atoms with Crippen LogP contribution in [0.25, 0.3) is 0 Å². The molecule has 0 radical (unpaired) electrons. The molecule has 19 heavy (non-hydrogen) atoms. The molecule has 6 N–H and O–H groups in total. The van der Waals surface area contributed by atoms with E-state index in [-0.39, 0.29) is 28.8 Å². The molecule has 1 aliphatic heterocycles. The maximum Gasteiger partial charge on any atom is 0.260 e. The Balaban J connectivity index is 0.00000133. The summed E-state index contributed by atoms with van der Waals surface area (Å²) >= 11 is 0. The molecule has 2 aromatic rings. The highest BCUT2D eigenvalue weighted by Crippen LogP contribution is 1.97. The Kier molecular flexibility index (Phi) is 2.86. The number of hydrogen-bond acceptors (Lipinski definition) is 12. The van der Waals surface area contributed by atoms with Crippen molar-refractivity contribution in [1.29, 1.82) is 0 Å². The molecule has 0 unspecified atom stereocenters. The molecular weight excluding hydrogens is 264 g/mol. The minimum atomic E-state index is -0.0473. The Bertz CT molecular complexity index is 583. The lowest BCUT2D eigenvalue weighted by Gasteiger charge is -2.11. The van der Waals surface area contributed by atoms with E-state index in [1.807, 2.05) is 0 Å². The second kappa shape index (κ2) is 4.49. The normalized spacial score (nSPS) is 13.7. The van der Waals surface area contributed by atoms with Gasteiger partial charge in [-0.3, -0.25) is 10.9 Å². The summed E-state index contributed by atoms with van der Waals surface area (Å²) in [6.45, 7) is 0. The van der Waals surface area contributed by atoms with Gasteiger partial charge in [-0.25, -0.2) is 0 Å². The van der Waals surface area contributed by atoms with Gasteiger partial charge in [0.15, 0.2) is 0 Å². The molecule has 0 spiro atoms. The summed E-state index contributed by atoms with van der Waals surface area (Å²) in [5.74, 6) is 0.0502. The number of rotatable bonds is 2. The van der Waals surface area contributed by atoms with Crippen molar-refractivity contribution in [2.75, 3.05) is 0 Å². The third-order valence-electron chi connectivity index (χ3n) is 1.88. The molecule has 0 amide bonds. The van der Waals surface area contributed by atoms with Crippen molar-refractivity contribution >= 4 is 11.7 Å². The van der Waals surface area contributed by atoms with Gasteiger partial charge in [0.1, 0.15) is 0 Å². The van der Waals surface area contributed by atoms with E-state index in [0.29, 0.717) is 9.69 Å². The maximum atomic E-state index is 9.20. The predicted octanol–water partition coefficient (Wildman–Crippen LogP) is -4.47. The molecule has 0 aliphatic carbocycles. The fourth-order valence-electron chi connectivity index (χ4n) is 1.12. The first kappa shape index (κ1) is 12.1. The fraction of sp³-hybridized carbons (Fsp3) is 0. The number of aromatic nitrogens is 8. The van der Waals surface area contributed by atoms with Crippen LogP contribution < -0.4 is 10.9 Å². The van der Waals surface area contributed by atoms with Crippen molar-refractivity contribution in [2.24, 2.45) is 10.2 Å². The molecule has 100 valence electrons. The Morgan fingerprint density at radius 1 is 0.789 bits per heavy atom. The molecule has 15 heteroatoms. The van der Waals surface area contributed by atoms with E-state index in [9.17, 15) is 10.4 Å². The molecule has 0 aromatic carbocycles. The molecular formula is C4H6N12O3. The monoisotopic (exact) mass is 270 g/mol. The van der Waals surface area contributed by atoms with Gasteiger partial charge < -0.3 is 15.9 Å². The molecule has 0 saturated carbocycles. The second-order valence-corrected chi connectivity index (χ2v) is 2.93. The van der Waals surface area contributed by atoms with Crippen molar-refractivity contribution in [3.63, 3.8) is 0 Å². The van der Waals surface area contributed by atoms with Crippen LogP contribution in [-0.4, -0.2) is 68.3 Å². The van der Waals surface area contributed by atoms with E-state index in [0.717, 1.165) is 0 Å². The topological polar surface area (TPSA) is 208 Å². The SMILES string of the molecule is O.On1nnnc1C1=NNC(c2nnnn2O)=NN1. The van der Waals surface area contributed by atoms with Crippen LogP contribution >= 0.6 is 0 Å². The van der Waals surface area contributed by atoms with Crippen molar-refractivity contribution in [2.45, 2.75) is 0 Å². The lowest BCUT2D eigenvalue weighted by atomic mass is 10.5. The summed E-state index contributed by atoms with van der Waals surface area (Å²) in [6, 6.07) is 0. The van der Waals surface area contributed by atoms with Gasteiger partial charge in [0, 0.05) is 0 Å². The third-order valence-corrected chi connectivity index (χ3v) is 1.88. The molecule has 1 aliphatic rings. The first-order chi connectivity index (χ1) is 8.75. The van der Waals surface area contributed by atoms with Crippen LogP contribution in [0.4, 0.5) is 0 Å². The van der Waals surface area contributed by atoms with Crippen molar-refractivity contribution in [3.8, 4) is 0 Å². The third kappa shape index (κ3) is 1.95. The smallest absolute Gasteiger partial charge is 0.260 e. The molecule has 0 bridgehead atoms. The Labute approximate surface area is 102 Å². The van der Waals surface area contributed by atoms with Gasteiger partial charge in [0.05, 0.1) is 0 Å². The first-order valence-corrected chi connectivity index (χ1v) is 4.39. The summed E-state index contributed by atoms with van der Waals surface area (Å²) in [5.41, 5.74) is 4.92. The van der Waals surface area contributed by atoms with Gasteiger partial charge in [-0.1, -0.05) is 9.69 Å². The average Bonchev–Trinajstić information content (AvgIpc) is 2.98. The highest BCUT2D eigenvalue weighted by atomic mass is 16.5. The quantitative estimate of drug-likeness (QED) is 0.384. The van der Waals surface area contributed by atoms with E-state index < -0.39 is 0 Å². The minimum absolute atomic E-state index is 0. The van der Waals surface area contributed by atoms with E-state index in [1.54, 1.807) is 0 Å². The van der Waals surface area contributed by atoms with Crippen LogP contribution in [0.3, 0.4) is 0 Å². The van der Waals surface area contributed by atoms with Gasteiger partial charge in [-0.2, -0.15) is 0 Å². The summed E-state index contributed by atoms with van der Waals surface area (Å²) in [5, 5.41) is 45.9. The number of tetrazole rings is 2. The number of hydrazone groups is 2. The number of hydrogen-bond donors (Lipinski definition) is 4. The average molecular weight is 270 g/mol. The largest absolute Gasteiger partial charge is 0.412 e. The van der Waals surface area contributed by atoms with Crippen molar-refractivity contribution < 1.29 is 15.9 Å². The first-order valence-electron chi connectivity index (χ1n) is 4.39. The van der Waals surface area contributed by atoms with Crippen molar-refractivity contribution in [1.82, 2.24) is 51.6 Å². The molecule has 0 atom stereocenters. The fourth-order valence-corrected chi connectivity index (χ4v) is 1.12. The maximum absolute atomic E-state index is 9.20. The van der Waals surface area contributed by atoms with Crippen LogP contribution in [0, 0.1) is 0 Å². The summed E-state index contributed by atoms with van der Waals surface area (Å²) in [4.78, 5) is 0.842. The zero-order valence-corrected chi connectivity index (χ0v) is 8.87.